The second kappa shape index (κ2) is 5.64. The molecule has 0 atom stereocenters. The van der Waals surface area contributed by atoms with Gasteiger partial charge in [-0.25, -0.2) is 4.39 Å². The van der Waals surface area contributed by atoms with E-state index in [1.807, 2.05) is 6.07 Å². The second-order valence-electron chi connectivity index (χ2n) is 6.24. The average Bonchev–Trinajstić information content (AvgIpc) is 2.75. The largest absolute Gasteiger partial charge is 0.369 e. The number of aryl methyl sites for hydroxylation is 1. The lowest BCUT2D eigenvalue weighted by Crippen LogP contribution is -2.49. The zero-order chi connectivity index (χ0) is 14.2. The quantitative estimate of drug-likeness (QED) is 0.830. The van der Waals surface area contributed by atoms with Gasteiger partial charge in [-0.05, 0) is 66.4 Å². The first-order valence-corrected chi connectivity index (χ1v) is 8.35. The first-order chi connectivity index (χ1) is 9.60. The lowest BCUT2D eigenvalue weighted by atomic mass is 9.96. The fourth-order valence-corrected chi connectivity index (χ4v) is 4.15. The van der Waals surface area contributed by atoms with E-state index in [1.54, 1.807) is 6.07 Å². The van der Waals surface area contributed by atoms with Crippen molar-refractivity contribution < 1.29 is 4.39 Å². The number of hydrogen-bond acceptors (Lipinski definition) is 2. The van der Waals surface area contributed by atoms with Crippen LogP contribution in [0.5, 0.6) is 0 Å². The molecule has 110 valence electrons. The van der Waals surface area contributed by atoms with Crippen LogP contribution in [0.4, 0.5) is 10.1 Å². The van der Waals surface area contributed by atoms with Crippen LogP contribution in [0.2, 0.25) is 0 Å². The summed E-state index contributed by atoms with van der Waals surface area (Å²) in [6.45, 7) is 5.17. The highest BCUT2D eigenvalue weighted by atomic mass is 79.9. The Morgan fingerprint density at radius 1 is 1.25 bits per heavy atom. The van der Waals surface area contributed by atoms with Crippen LogP contribution in [0.15, 0.2) is 16.6 Å². The summed E-state index contributed by atoms with van der Waals surface area (Å²) in [5.41, 5.74) is 2.46. The van der Waals surface area contributed by atoms with Crippen molar-refractivity contribution in [2.24, 2.45) is 0 Å². The fraction of sp³-hybridized carbons (Fsp3) is 0.625. The van der Waals surface area contributed by atoms with Gasteiger partial charge in [-0.2, -0.15) is 0 Å². The van der Waals surface area contributed by atoms with Crippen molar-refractivity contribution >= 4 is 21.6 Å². The van der Waals surface area contributed by atoms with Gasteiger partial charge in [-0.15, -0.1) is 0 Å². The lowest BCUT2D eigenvalue weighted by molar-refractivity contribution is 0.354. The Balaban J connectivity index is 1.90. The van der Waals surface area contributed by atoms with E-state index in [-0.39, 0.29) is 11.4 Å². The monoisotopic (exact) mass is 340 g/mol. The molecule has 0 amide bonds. The molecule has 2 nitrogen and oxygen atoms in total. The predicted molar refractivity (Wildman–Crippen MR) is 84.9 cm³/mol. The Bertz CT molecular complexity index is 497. The van der Waals surface area contributed by atoms with Crippen molar-refractivity contribution in [1.29, 1.82) is 0 Å². The number of anilines is 1. The molecule has 2 aliphatic rings. The van der Waals surface area contributed by atoms with Gasteiger partial charge in [0.15, 0.2) is 0 Å². The number of rotatable bonds is 1. The van der Waals surface area contributed by atoms with Gasteiger partial charge in [-0.3, -0.25) is 0 Å². The zero-order valence-corrected chi connectivity index (χ0v) is 13.6. The first-order valence-electron chi connectivity index (χ1n) is 7.55. The molecule has 1 aromatic rings. The zero-order valence-electron chi connectivity index (χ0n) is 12.0. The number of nitrogens with one attached hydrogen (secondary N) is 1. The highest BCUT2D eigenvalue weighted by Crippen LogP contribution is 2.35. The maximum atomic E-state index is 13.9. The van der Waals surface area contributed by atoms with Crippen LogP contribution < -0.4 is 10.2 Å². The Kier molecular flexibility index (Phi) is 4.04. The van der Waals surface area contributed by atoms with Crippen molar-refractivity contribution in [3.05, 3.63) is 28.0 Å². The van der Waals surface area contributed by atoms with E-state index in [0.717, 1.165) is 37.3 Å². The molecule has 0 bridgehead atoms. The van der Waals surface area contributed by atoms with Gasteiger partial charge < -0.3 is 10.2 Å². The van der Waals surface area contributed by atoms with Crippen LogP contribution >= 0.6 is 15.9 Å². The third-order valence-electron chi connectivity index (χ3n) is 4.74. The first kappa shape index (κ1) is 14.3. The summed E-state index contributed by atoms with van der Waals surface area (Å²) in [6, 6.07) is 3.58. The SMILES string of the molecule is Cc1cc(Br)c(F)cc1N1CCCNC2(CCCC2)C1. The molecule has 3 rings (SSSR count). The average molecular weight is 341 g/mol. The molecule has 2 fully saturated rings. The summed E-state index contributed by atoms with van der Waals surface area (Å²) in [5, 5.41) is 3.76. The molecule has 1 saturated carbocycles. The van der Waals surface area contributed by atoms with Crippen LogP contribution in [0, 0.1) is 12.7 Å². The van der Waals surface area contributed by atoms with Crippen molar-refractivity contribution in [3.63, 3.8) is 0 Å². The lowest BCUT2D eigenvalue weighted by Gasteiger charge is -2.35. The van der Waals surface area contributed by atoms with Gasteiger partial charge in [0.2, 0.25) is 0 Å². The number of benzene rings is 1. The maximum Gasteiger partial charge on any atom is 0.139 e. The van der Waals surface area contributed by atoms with Crippen LogP contribution in [-0.2, 0) is 0 Å². The molecule has 1 aliphatic heterocycles. The Morgan fingerprint density at radius 3 is 2.75 bits per heavy atom. The van der Waals surface area contributed by atoms with E-state index in [9.17, 15) is 4.39 Å². The molecule has 1 heterocycles. The van der Waals surface area contributed by atoms with Crippen LogP contribution in [-0.4, -0.2) is 25.2 Å². The van der Waals surface area contributed by atoms with Gasteiger partial charge in [0.25, 0.3) is 0 Å². The summed E-state index contributed by atoms with van der Waals surface area (Å²) in [7, 11) is 0. The molecule has 4 heteroatoms. The Labute approximate surface area is 128 Å². The van der Waals surface area contributed by atoms with Crippen LogP contribution in [0.25, 0.3) is 0 Å². The Hall–Kier alpha value is -0.610. The summed E-state index contributed by atoms with van der Waals surface area (Å²) in [6.07, 6.45) is 6.25. The maximum absolute atomic E-state index is 13.9. The number of halogens is 2. The van der Waals surface area contributed by atoms with Crippen molar-refractivity contribution in [3.8, 4) is 0 Å². The normalized spacial score (nSPS) is 22.2. The van der Waals surface area contributed by atoms with E-state index >= 15 is 0 Å². The van der Waals surface area contributed by atoms with E-state index in [4.69, 9.17) is 0 Å². The van der Waals surface area contributed by atoms with Gasteiger partial charge in [0.05, 0.1) is 4.47 Å². The molecule has 1 aromatic carbocycles. The van der Waals surface area contributed by atoms with Crippen molar-refractivity contribution in [2.75, 3.05) is 24.5 Å². The van der Waals surface area contributed by atoms with Crippen LogP contribution in [0.1, 0.15) is 37.7 Å². The molecule has 20 heavy (non-hydrogen) atoms. The standard InChI is InChI=1S/C16H22BrFN2/c1-12-9-13(17)14(18)10-15(12)20-8-4-7-19-16(11-20)5-2-3-6-16/h9-10,19H,2-8,11H2,1H3. The molecular weight excluding hydrogens is 319 g/mol. The minimum Gasteiger partial charge on any atom is -0.369 e. The van der Waals surface area contributed by atoms with Crippen molar-refractivity contribution in [2.45, 2.75) is 44.6 Å². The summed E-state index contributed by atoms with van der Waals surface area (Å²) >= 11 is 3.27. The molecule has 0 unspecified atom stereocenters. The predicted octanol–water partition coefficient (Wildman–Crippen LogP) is 4.01. The highest BCUT2D eigenvalue weighted by molar-refractivity contribution is 9.10. The number of nitrogens with zero attached hydrogens (tertiary/aromatic N) is 1. The van der Waals surface area contributed by atoms with E-state index in [0.29, 0.717) is 4.47 Å². The van der Waals surface area contributed by atoms with E-state index in [2.05, 4.69) is 33.1 Å². The molecule has 1 aliphatic carbocycles. The Morgan fingerprint density at radius 2 is 2.00 bits per heavy atom. The molecule has 1 saturated heterocycles. The highest BCUT2D eigenvalue weighted by Gasteiger charge is 2.36. The molecule has 1 N–H and O–H groups in total. The topological polar surface area (TPSA) is 15.3 Å². The number of hydrogen-bond donors (Lipinski definition) is 1. The molecule has 0 aromatic heterocycles. The minimum absolute atomic E-state index is 0.164. The van der Waals surface area contributed by atoms with Crippen LogP contribution in [0.3, 0.4) is 0 Å². The third-order valence-corrected chi connectivity index (χ3v) is 5.35. The van der Waals surface area contributed by atoms with Gasteiger partial charge in [-0.1, -0.05) is 12.8 Å². The smallest absolute Gasteiger partial charge is 0.139 e. The second-order valence-corrected chi connectivity index (χ2v) is 7.10. The summed E-state index contributed by atoms with van der Waals surface area (Å²) in [4.78, 5) is 2.39. The third kappa shape index (κ3) is 2.73. The molecular formula is C16H22BrFN2. The van der Waals surface area contributed by atoms with Gasteiger partial charge in [0.1, 0.15) is 5.82 Å². The van der Waals surface area contributed by atoms with Crippen molar-refractivity contribution in [1.82, 2.24) is 5.32 Å². The minimum atomic E-state index is -0.164. The van der Waals surface area contributed by atoms with E-state index < -0.39 is 0 Å². The molecule has 0 radical (unpaired) electrons. The van der Waals surface area contributed by atoms with Gasteiger partial charge in [0, 0.05) is 24.3 Å². The fourth-order valence-electron chi connectivity index (χ4n) is 3.69. The van der Waals surface area contributed by atoms with Gasteiger partial charge >= 0.3 is 0 Å². The summed E-state index contributed by atoms with van der Waals surface area (Å²) < 4.78 is 14.5. The summed E-state index contributed by atoms with van der Waals surface area (Å²) in [5.74, 6) is -0.164. The van der Waals surface area contributed by atoms with E-state index in [1.165, 1.54) is 25.7 Å². The molecule has 1 spiro atoms.